The lowest BCUT2D eigenvalue weighted by Gasteiger charge is -2.24. The van der Waals surface area contributed by atoms with Gasteiger partial charge in [0.15, 0.2) is 0 Å². The molecular weight excluding hydrogens is 486 g/mol. The summed E-state index contributed by atoms with van der Waals surface area (Å²) in [6.45, 7) is 3.36. The van der Waals surface area contributed by atoms with E-state index in [4.69, 9.17) is 25.8 Å². The standard InChI is InChI=1S/C31H28ClNO4/c1-21-15-17-35-29-20-30(28(32)19-27(21)29)37-25-12-10-23(11-13-25)31(34)33-16-14-22-6-5-9-26(18-22)36-24-7-3-2-4-8-24/h2-13,18-21H,14-17H2,1H3,(H,33,34). The number of fused-ring (bicyclic) bond motifs is 1. The van der Waals surface area contributed by atoms with E-state index in [9.17, 15) is 4.79 Å². The van der Waals surface area contributed by atoms with E-state index in [1.54, 1.807) is 24.3 Å². The number of hydrogen-bond donors (Lipinski definition) is 1. The van der Waals surface area contributed by atoms with Gasteiger partial charge < -0.3 is 19.5 Å². The van der Waals surface area contributed by atoms with Gasteiger partial charge in [-0.05, 0) is 84.5 Å². The number of benzene rings is 4. The van der Waals surface area contributed by atoms with Crippen molar-refractivity contribution >= 4 is 17.5 Å². The summed E-state index contributed by atoms with van der Waals surface area (Å²) in [6, 6.07) is 28.3. The fourth-order valence-corrected chi connectivity index (χ4v) is 4.46. The van der Waals surface area contributed by atoms with Crippen LogP contribution in [0.2, 0.25) is 5.02 Å². The average molecular weight is 514 g/mol. The lowest BCUT2D eigenvalue weighted by atomic mass is 9.95. The summed E-state index contributed by atoms with van der Waals surface area (Å²) in [6.07, 6.45) is 1.67. The van der Waals surface area contributed by atoms with E-state index in [-0.39, 0.29) is 5.91 Å². The molecule has 4 aromatic carbocycles. The summed E-state index contributed by atoms with van der Waals surface area (Å²) in [5.74, 6) is 3.76. The first-order valence-electron chi connectivity index (χ1n) is 12.4. The van der Waals surface area contributed by atoms with Crippen LogP contribution < -0.4 is 19.5 Å². The molecule has 1 amide bonds. The van der Waals surface area contributed by atoms with Crippen molar-refractivity contribution in [3.63, 3.8) is 0 Å². The van der Waals surface area contributed by atoms with Gasteiger partial charge in [0.25, 0.3) is 5.91 Å². The molecule has 5 nitrogen and oxygen atoms in total. The van der Waals surface area contributed by atoms with Crippen LogP contribution in [0.3, 0.4) is 0 Å². The summed E-state index contributed by atoms with van der Waals surface area (Å²) < 4.78 is 17.7. The van der Waals surface area contributed by atoms with Crippen molar-refractivity contribution in [2.24, 2.45) is 0 Å². The van der Waals surface area contributed by atoms with Gasteiger partial charge in [-0.2, -0.15) is 0 Å². The lowest BCUT2D eigenvalue weighted by molar-refractivity contribution is 0.0954. The van der Waals surface area contributed by atoms with Crippen LogP contribution in [0, 0.1) is 0 Å². The summed E-state index contributed by atoms with van der Waals surface area (Å²) >= 11 is 6.46. The maximum atomic E-state index is 12.6. The van der Waals surface area contributed by atoms with Crippen molar-refractivity contribution in [2.45, 2.75) is 25.7 Å². The lowest BCUT2D eigenvalue weighted by Crippen LogP contribution is -2.25. The Morgan fingerprint density at radius 1 is 0.919 bits per heavy atom. The molecule has 0 saturated carbocycles. The highest BCUT2D eigenvalue weighted by atomic mass is 35.5. The van der Waals surface area contributed by atoms with E-state index in [1.165, 1.54) is 0 Å². The highest BCUT2D eigenvalue weighted by molar-refractivity contribution is 6.32. The summed E-state index contributed by atoms with van der Waals surface area (Å²) in [7, 11) is 0. The Labute approximate surface area is 222 Å². The number of rotatable bonds is 8. The van der Waals surface area contributed by atoms with Crippen molar-refractivity contribution < 1.29 is 19.0 Å². The Morgan fingerprint density at radius 3 is 2.49 bits per heavy atom. The van der Waals surface area contributed by atoms with Gasteiger partial charge in [-0.25, -0.2) is 0 Å². The van der Waals surface area contributed by atoms with Gasteiger partial charge in [0.05, 0.1) is 11.6 Å². The Balaban J connectivity index is 1.15. The molecule has 6 heteroatoms. The normalized spacial score (nSPS) is 14.3. The number of nitrogens with one attached hydrogen (secondary N) is 1. The Hall–Kier alpha value is -3.96. The van der Waals surface area contributed by atoms with Crippen LogP contribution in [0.5, 0.6) is 28.7 Å². The second-order valence-corrected chi connectivity index (χ2v) is 9.46. The summed E-state index contributed by atoms with van der Waals surface area (Å²) in [5.41, 5.74) is 2.74. The monoisotopic (exact) mass is 513 g/mol. The molecule has 1 aliphatic heterocycles. The van der Waals surface area contributed by atoms with E-state index < -0.39 is 0 Å². The summed E-state index contributed by atoms with van der Waals surface area (Å²) in [4.78, 5) is 12.6. The van der Waals surface area contributed by atoms with E-state index in [1.807, 2.05) is 66.7 Å². The zero-order valence-electron chi connectivity index (χ0n) is 20.6. The maximum absolute atomic E-state index is 12.6. The largest absolute Gasteiger partial charge is 0.493 e. The second-order valence-electron chi connectivity index (χ2n) is 9.05. The van der Waals surface area contributed by atoms with Crippen LogP contribution in [-0.2, 0) is 6.42 Å². The third kappa shape index (κ3) is 6.25. The SMILES string of the molecule is CC1CCOc2cc(Oc3ccc(C(=O)NCCc4cccc(Oc5ccccc5)c4)cc3)c(Cl)cc21. The zero-order chi connectivity index (χ0) is 25.6. The summed E-state index contributed by atoms with van der Waals surface area (Å²) in [5, 5.41) is 3.51. The van der Waals surface area contributed by atoms with E-state index in [2.05, 4.69) is 12.2 Å². The molecule has 0 fully saturated rings. The molecular formula is C31H28ClNO4. The minimum atomic E-state index is -0.141. The minimum absolute atomic E-state index is 0.141. The first-order valence-corrected chi connectivity index (χ1v) is 12.8. The smallest absolute Gasteiger partial charge is 0.251 e. The molecule has 0 aliphatic carbocycles. The van der Waals surface area contributed by atoms with E-state index in [0.29, 0.717) is 47.6 Å². The van der Waals surface area contributed by atoms with Crippen LogP contribution in [0.4, 0.5) is 0 Å². The van der Waals surface area contributed by atoms with Crippen molar-refractivity contribution in [1.29, 1.82) is 0 Å². The molecule has 0 aromatic heterocycles. The third-order valence-electron chi connectivity index (χ3n) is 6.32. The molecule has 1 aliphatic rings. The number of halogens is 1. The van der Waals surface area contributed by atoms with Crippen LogP contribution in [0.25, 0.3) is 0 Å². The molecule has 0 radical (unpaired) electrons. The number of hydrogen-bond acceptors (Lipinski definition) is 4. The Bertz CT molecular complexity index is 1370. The van der Waals surface area contributed by atoms with Crippen molar-refractivity contribution in [2.75, 3.05) is 13.2 Å². The highest BCUT2D eigenvalue weighted by Crippen LogP contribution is 2.41. The number of ether oxygens (including phenoxy) is 3. The zero-order valence-corrected chi connectivity index (χ0v) is 21.3. The van der Waals surface area contributed by atoms with Gasteiger partial charge in [0.2, 0.25) is 0 Å². The van der Waals surface area contributed by atoms with Gasteiger partial charge in [-0.15, -0.1) is 0 Å². The van der Waals surface area contributed by atoms with Crippen molar-refractivity contribution in [3.8, 4) is 28.7 Å². The molecule has 188 valence electrons. The Kier molecular flexibility index (Phi) is 7.62. The molecule has 37 heavy (non-hydrogen) atoms. The van der Waals surface area contributed by atoms with E-state index >= 15 is 0 Å². The van der Waals surface area contributed by atoms with Crippen molar-refractivity contribution in [1.82, 2.24) is 5.32 Å². The van der Waals surface area contributed by atoms with Crippen LogP contribution in [0.15, 0.2) is 91.0 Å². The van der Waals surface area contributed by atoms with Gasteiger partial charge in [0, 0.05) is 18.2 Å². The molecule has 1 heterocycles. The van der Waals surface area contributed by atoms with Gasteiger partial charge in [0.1, 0.15) is 28.7 Å². The molecule has 5 rings (SSSR count). The number of carbonyl (C=O) groups is 1. The quantitative estimate of drug-likeness (QED) is 0.261. The topological polar surface area (TPSA) is 56.8 Å². The van der Waals surface area contributed by atoms with Crippen molar-refractivity contribution in [3.05, 3.63) is 113 Å². The second kappa shape index (κ2) is 11.4. The number of para-hydroxylation sites is 1. The Morgan fingerprint density at radius 2 is 1.68 bits per heavy atom. The number of amides is 1. The van der Waals surface area contributed by atoms with Crippen LogP contribution >= 0.6 is 11.6 Å². The predicted molar refractivity (Wildman–Crippen MR) is 145 cm³/mol. The highest BCUT2D eigenvalue weighted by Gasteiger charge is 2.20. The minimum Gasteiger partial charge on any atom is -0.493 e. The molecule has 0 spiro atoms. The molecule has 1 N–H and O–H groups in total. The fraction of sp³-hybridized carbons (Fsp3) is 0.194. The molecule has 1 atom stereocenters. The average Bonchev–Trinajstić information content (AvgIpc) is 2.91. The van der Waals surface area contributed by atoms with Gasteiger partial charge in [-0.1, -0.05) is 48.9 Å². The molecule has 0 bridgehead atoms. The number of carbonyl (C=O) groups excluding carboxylic acids is 1. The maximum Gasteiger partial charge on any atom is 0.251 e. The van der Waals surface area contributed by atoms with E-state index in [0.717, 1.165) is 34.8 Å². The van der Waals surface area contributed by atoms with Crippen LogP contribution in [-0.4, -0.2) is 19.1 Å². The first kappa shape index (κ1) is 24.7. The van der Waals surface area contributed by atoms with Gasteiger partial charge >= 0.3 is 0 Å². The van der Waals surface area contributed by atoms with Crippen LogP contribution in [0.1, 0.15) is 40.7 Å². The molecule has 0 saturated heterocycles. The molecule has 4 aromatic rings. The third-order valence-corrected chi connectivity index (χ3v) is 6.62. The predicted octanol–water partition coefficient (Wildman–Crippen LogP) is 7.78. The molecule has 1 unspecified atom stereocenters. The first-order chi connectivity index (χ1) is 18.0. The van der Waals surface area contributed by atoms with Gasteiger partial charge in [-0.3, -0.25) is 4.79 Å². The fourth-order valence-electron chi connectivity index (χ4n) is 4.25.